The van der Waals surface area contributed by atoms with Gasteiger partial charge in [0.05, 0.1) is 5.41 Å². The molecule has 0 bridgehead atoms. The molecule has 3 atom stereocenters. The third kappa shape index (κ3) is 3.28. The van der Waals surface area contributed by atoms with Crippen LogP contribution in [0.25, 0.3) is 0 Å². The minimum Gasteiger partial charge on any atom is -0.508 e. The fraction of sp³-hybridized carbons (Fsp3) is 0.364. The number of halogens is 3. The number of alkyl halides is 3. The summed E-state index contributed by atoms with van der Waals surface area (Å²) < 4.78 is 42.1. The number of Topliss-reactive ketones (excluding diaryl/α,β-unsaturated/α-hetero) is 2. The summed E-state index contributed by atoms with van der Waals surface area (Å²) in [6, 6.07) is 3.15. The second kappa shape index (κ2) is 6.90. The molecule has 0 heterocycles. The van der Waals surface area contributed by atoms with Crippen molar-refractivity contribution in [1.82, 2.24) is 0 Å². The maximum Gasteiger partial charge on any atom is 0.573 e. The van der Waals surface area contributed by atoms with E-state index in [1.54, 1.807) is 26.8 Å². The Morgan fingerprint density at radius 1 is 1.24 bits per heavy atom. The first-order chi connectivity index (χ1) is 13.4. The van der Waals surface area contributed by atoms with Crippen molar-refractivity contribution in [3.8, 4) is 11.5 Å². The van der Waals surface area contributed by atoms with Gasteiger partial charge in [-0.1, -0.05) is 25.7 Å². The summed E-state index contributed by atoms with van der Waals surface area (Å²) in [5, 5.41) is 10.5. The Labute approximate surface area is 166 Å². The minimum absolute atomic E-state index is 0.0820. The van der Waals surface area contributed by atoms with Crippen molar-refractivity contribution in [3.05, 3.63) is 59.2 Å². The lowest BCUT2D eigenvalue weighted by molar-refractivity contribution is -0.274. The zero-order valence-electron chi connectivity index (χ0n) is 16.3. The molecule has 2 aliphatic rings. The molecule has 0 spiro atoms. The summed E-state index contributed by atoms with van der Waals surface area (Å²) in [7, 11) is 0. The normalized spacial score (nSPS) is 27.4. The lowest BCUT2D eigenvalue weighted by atomic mass is 9.52. The molecule has 0 radical (unpaired) electrons. The van der Waals surface area contributed by atoms with Crippen LogP contribution in [0.15, 0.2) is 53.6 Å². The molecule has 0 saturated carbocycles. The molecule has 4 nitrogen and oxygen atoms in total. The first kappa shape index (κ1) is 20.9. The molecular weight excluding hydrogens is 385 g/mol. The molecule has 1 aromatic rings. The van der Waals surface area contributed by atoms with E-state index in [4.69, 9.17) is 0 Å². The van der Waals surface area contributed by atoms with Crippen LogP contribution in [0.2, 0.25) is 0 Å². The van der Waals surface area contributed by atoms with E-state index in [-0.39, 0.29) is 22.9 Å². The van der Waals surface area contributed by atoms with E-state index in [0.717, 1.165) is 18.2 Å². The van der Waals surface area contributed by atoms with Crippen molar-refractivity contribution in [1.29, 1.82) is 0 Å². The van der Waals surface area contributed by atoms with Gasteiger partial charge in [0.2, 0.25) is 0 Å². The van der Waals surface area contributed by atoms with Crippen LogP contribution in [0.5, 0.6) is 11.5 Å². The number of hydrogen-bond donors (Lipinski definition) is 1. The van der Waals surface area contributed by atoms with Crippen LogP contribution >= 0.6 is 0 Å². The fourth-order valence-corrected chi connectivity index (χ4v) is 4.52. The van der Waals surface area contributed by atoms with E-state index in [9.17, 15) is 27.9 Å². The topological polar surface area (TPSA) is 63.6 Å². The molecule has 3 unspecified atom stereocenters. The molecule has 3 rings (SSSR count). The van der Waals surface area contributed by atoms with Crippen molar-refractivity contribution in [2.24, 2.45) is 11.3 Å². The Balaban J connectivity index is 2.23. The number of carbonyl (C=O) groups excluding carboxylic acids is 2. The minimum atomic E-state index is -4.91. The number of fused-ring (bicyclic) bond motifs is 1. The molecule has 0 amide bonds. The number of phenolic OH excluding ortho intramolecular Hbond substituents is 1. The highest BCUT2D eigenvalue weighted by Gasteiger charge is 2.56. The van der Waals surface area contributed by atoms with E-state index in [0.29, 0.717) is 23.1 Å². The zero-order valence-corrected chi connectivity index (χ0v) is 16.3. The third-order valence-electron chi connectivity index (χ3n) is 6.10. The molecule has 1 N–H and O–H groups in total. The van der Waals surface area contributed by atoms with E-state index >= 15 is 0 Å². The smallest absolute Gasteiger partial charge is 0.508 e. The standard InChI is InChI=1S/C22H21F3O4/c1-5-13-6-8-16-19(27)11(2)12(3)20(28)21(16,4)18(13)15-10-14(7-9-17(15)26)29-22(23,24)25/h5-7,9-10,16,18,26H,1,8H2,2-4H3. The second-order valence-electron chi connectivity index (χ2n) is 7.62. The Kier molecular flexibility index (Phi) is 4.97. The number of allylic oxidation sites excluding steroid dienone is 5. The van der Waals surface area contributed by atoms with Crippen LogP contribution in [0, 0.1) is 11.3 Å². The molecule has 29 heavy (non-hydrogen) atoms. The molecular formula is C22H21F3O4. The van der Waals surface area contributed by atoms with E-state index in [1.807, 2.05) is 0 Å². The number of aromatic hydroxyl groups is 1. The maximum atomic E-state index is 13.3. The van der Waals surface area contributed by atoms with Crippen molar-refractivity contribution in [2.75, 3.05) is 0 Å². The monoisotopic (exact) mass is 406 g/mol. The van der Waals surface area contributed by atoms with Gasteiger partial charge in [0, 0.05) is 17.4 Å². The quantitative estimate of drug-likeness (QED) is 0.767. The summed E-state index contributed by atoms with van der Waals surface area (Å²) in [4.78, 5) is 26.3. The van der Waals surface area contributed by atoms with Crippen LogP contribution in [-0.2, 0) is 9.59 Å². The molecule has 0 aliphatic heterocycles. The van der Waals surface area contributed by atoms with Gasteiger partial charge in [0.15, 0.2) is 11.6 Å². The van der Waals surface area contributed by atoms with Gasteiger partial charge in [-0.3, -0.25) is 9.59 Å². The van der Waals surface area contributed by atoms with Crippen LogP contribution in [0.1, 0.15) is 38.7 Å². The zero-order chi connectivity index (χ0) is 21.7. The molecule has 0 saturated heterocycles. The maximum absolute atomic E-state index is 13.3. The highest BCUT2D eigenvalue weighted by atomic mass is 19.4. The molecule has 0 aromatic heterocycles. The summed E-state index contributed by atoms with van der Waals surface area (Å²) in [5.41, 5.74) is 0.0967. The Morgan fingerprint density at radius 2 is 1.90 bits per heavy atom. The van der Waals surface area contributed by atoms with Gasteiger partial charge < -0.3 is 9.84 Å². The number of phenols is 1. The van der Waals surface area contributed by atoms with E-state index < -0.39 is 29.4 Å². The van der Waals surface area contributed by atoms with Crippen LogP contribution < -0.4 is 4.74 Å². The van der Waals surface area contributed by atoms with Gasteiger partial charge >= 0.3 is 6.36 Å². The average molecular weight is 406 g/mol. The number of rotatable bonds is 3. The predicted molar refractivity (Wildman–Crippen MR) is 100 cm³/mol. The first-order valence-electron chi connectivity index (χ1n) is 9.09. The molecule has 2 aliphatic carbocycles. The fourth-order valence-electron chi connectivity index (χ4n) is 4.52. The number of carbonyl (C=O) groups is 2. The van der Waals surface area contributed by atoms with Gasteiger partial charge in [-0.15, -0.1) is 13.2 Å². The van der Waals surface area contributed by atoms with Crippen LogP contribution in [-0.4, -0.2) is 23.0 Å². The number of hydrogen-bond acceptors (Lipinski definition) is 4. The van der Waals surface area contributed by atoms with Gasteiger partial charge in [0.25, 0.3) is 0 Å². The Hall–Kier alpha value is -2.83. The van der Waals surface area contributed by atoms with Crippen LogP contribution in [0.4, 0.5) is 13.2 Å². The second-order valence-corrected chi connectivity index (χ2v) is 7.62. The highest BCUT2D eigenvalue weighted by Crippen LogP contribution is 2.57. The SMILES string of the molecule is C=CC1=CCC2C(=O)C(C)=C(C)C(=O)C2(C)C1c1cc(OC(F)(F)F)ccc1O. The van der Waals surface area contributed by atoms with Gasteiger partial charge in [-0.2, -0.15) is 0 Å². The summed E-state index contributed by atoms with van der Waals surface area (Å²) in [6.07, 6.45) is -1.35. The van der Waals surface area contributed by atoms with E-state index in [1.165, 1.54) is 6.08 Å². The number of ketones is 2. The lowest BCUT2D eigenvalue weighted by Gasteiger charge is -2.48. The van der Waals surface area contributed by atoms with E-state index in [2.05, 4.69) is 11.3 Å². The number of ether oxygens (including phenoxy) is 1. The summed E-state index contributed by atoms with van der Waals surface area (Å²) >= 11 is 0. The first-order valence-corrected chi connectivity index (χ1v) is 9.09. The molecule has 154 valence electrons. The summed E-state index contributed by atoms with van der Waals surface area (Å²) in [5.74, 6) is -2.77. The van der Waals surface area contributed by atoms with Crippen LogP contribution in [0.3, 0.4) is 0 Å². The molecule has 7 heteroatoms. The molecule has 1 aromatic carbocycles. The average Bonchev–Trinajstić information content (AvgIpc) is 2.65. The summed E-state index contributed by atoms with van der Waals surface area (Å²) in [6.45, 7) is 8.56. The number of benzene rings is 1. The van der Waals surface area contributed by atoms with Crippen molar-refractivity contribution in [2.45, 2.75) is 39.5 Å². The van der Waals surface area contributed by atoms with Crippen molar-refractivity contribution < 1.29 is 32.6 Å². The van der Waals surface area contributed by atoms with Crippen molar-refractivity contribution >= 4 is 11.6 Å². The Morgan fingerprint density at radius 3 is 2.48 bits per heavy atom. The van der Waals surface area contributed by atoms with Gasteiger partial charge in [0.1, 0.15) is 11.5 Å². The Bertz CT molecular complexity index is 971. The highest BCUT2D eigenvalue weighted by molar-refractivity contribution is 6.15. The van der Waals surface area contributed by atoms with Crippen molar-refractivity contribution in [3.63, 3.8) is 0 Å². The van der Waals surface area contributed by atoms with Gasteiger partial charge in [-0.25, -0.2) is 0 Å². The largest absolute Gasteiger partial charge is 0.573 e. The molecule has 0 fully saturated rings. The lowest BCUT2D eigenvalue weighted by Crippen LogP contribution is -2.50. The van der Waals surface area contributed by atoms with Gasteiger partial charge in [-0.05, 0) is 55.2 Å². The third-order valence-corrected chi connectivity index (χ3v) is 6.10. The predicted octanol–water partition coefficient (Wildman–Crippen LogP) is 5.00.